The number of nitrogens with one attached hydrogen (secondary N) is 2. The molecule has 170 valence electrons. The molecule has 1 aromatic heterocycles. The summed E-state index contributed by atoms with van der Waals surface area (Å²) >= 11 is 0. The average molecular weight is 455 g/mol. The molecule has 0 fully saturated rings. The maximum absolute atomic E-state index is 12.7. The van der Waals surface area contributed by atoms with Gasteiger partial charge in [-0.15, -0.1) is 0 Å². The van der Waals surface area contributed by atoms with Crippen molar-refractivity contribution in [2.24, 2.45) is 0 Å². The van der Waals surface area contributed by atoms with Crippen molar-refractivity contribution in [3.05, 3.63) is 112 Å². The molecule has 9 heteroatoms. The lowest BCUT2D eigenvalue weighted by Gasteiger charge is -2.07. The van der Waals surface area contributed by atoms with Crippen LogP contribution < -0.4 is 10.6 Å². The first-order valence-electron chi connectivity index (χ1n) is 10.4. The van der Waals surface area contributed by atoms with Crippen LogP contribution in [0.5, 0.6) is 0 Å². The first-order valence-corrected chi connectivity index (χ1v) is 10.4. The van der Waals surface area contributed by atoms with Gasteiger partial charge in [-0.05, 0) is 36.8 Å². The Morgan fingerprint density at radius 2 is 1.76 bits per heavy atom. The number of carbonyl (C=O) groups excluding carboxylic acids is 2. The Hall–Kier alpha value is -4.79. The predicted octanol–water partition coefficient (Wildman–Crippen LogP) is 4.52. The summed E-state index contributed by atoms with van der Waals surface area (Å²) in [7, 11) is 0. The minimum atomic E-state index is -0.523. The van der Waals surface area contributed by atoms with Gasteiger partial charge in [0.15, 0.2) is 0 Å². The van der Waals surface area contributed by atoms with Gasteiger partial charge in [0.25, 0.3) is 11.6 Å². The van der Waals surface area contributed by atoms with E-state index in [1.165, 1.54) is 24.4 Å². The van der Waals surface area contributed by atoms with Crippen LogP contribution in [-0.4, -0.2) is 26.5 Å². The highest BCUT2D eigenvalue weighted by Gasteiger charge is 2.12. The van der Waals surface area contributed by atoms with Crippen LogP contribution >= 0.6 is 0 Å². The number of hydrogen-bond donors (Lipinski definition) is 2. The predicted molar refractivity (Wildman–Crippen MR) is 128 cm³/mol. The number of amides is 2. The summed E-state index contributed by atoms with van der Waals surface area (Å²) in [5.74, 6) is -0.573. The molecular weight excluding hydrogens is 434 g/mol. The van der Waals surface area contributed by atoms with Gasteiger partial charge in [-0.2, -0.15) is 5.10 Å². The van der Waals surface area contributed by atoms with Crippen LogP contribution in [0.1, 0.15) is 21.5 Å². The highest BCUT2D eigenvalue weighted by atomic mass is 16.6. The molecule has 0 radical (unpaired) electrons. The molecule has 0 aliphatic rings. The van der Waals surface area contributed by atoms with E-state index in [0.29, 0.717) is 22.6 Å². The van der Waals surface area contributed by atoms with E-state index in [9.17, 15) is 19.7 Å². The molecule has 0 atom stereocenters. The molecule has 4 aromatic rings. The molecule has 4 rings (SSSR count). The van der Waals surface area contributed by atoms with Crippen molar-refractivity contribution in [2.75, 3.05) is 10.6 Å². The van der Waals surface area contributed by atoms with E-state index < -0.39 is 10.8 Å². The van der Waals surface area contributed by atoms with Crippen molar-refractivity contribution in [1.82, 2.24) is 9.78 Å². The summed E-state index contributed by atoms with van der Waals surface area (Å²) in [6.45, 7) is 1.98. The number of nitro groups is 1. The monoisotopic (exact) mass is 455 g/mol. The standard InChI is InChI=1S/C25H21N5O4/c1-17-5-2-6-18(11-17)12-24(31)27-21-15-26-29(16-21)22-9-3-7-19(13-22)25(32)28-20-8-4-10-23(14-20)30(33)34/h2-11,13-16H,12H2,1H3,(H,27,31)(H,28,32). The molecule has 1 heterocycles. The Morgan fingerprint density at radius 3 is 2.56 bits per heavy atom. The number of nitrogens with zero attached hydrogens (tertiary/aromatic N) is 3. The summed E-state index contributed by atoms with van der Waals surface area (Å²) in [6.07, 6.45) is 3.44. The number of benzene rings is 3. The molecule has 0 aliphatic carbocycles. The molecule has 34 heavy (non-hydrogen) atoms. The molecular formula is C25H21N5O4. The highest BCUT2D eigenvalue weighted by Crippen LogP contribution is 2.19. The average Bonchev–Trinajstić information content (AvgIpc) is 3.27. The van der Waals surface area contributed by atoms with E-state index in [1.54, 1.807) is 41.2 Å². The number of hydrogen-bond acceptors (Lipinski definition) is 5. The third-order valence-corrected chi connectivity index (χ3v) is 5.00. The third-order valence-electron chi connectivity index (χ3n) is 5.00. The van der Waals surface area contributed by atoms with Crippen molar-refractivity contribution >= 4 is 28.9 Å². The van der Waals surface area contributed by atoms with Crippen LogP contribution in [0.3, 0.4) is 0 Å². The fourth-order valence-electron chi connectivity index (χ4n) is 3.43. The molecule has 0 bridgehead atoms. The van der Waals surface area contributed by atoms with Crippen LogP contribution in [0.25, 0.3) is 5.69 Å². The Labute approximate surface area is 195 Å². The van der Waals surface area contributed by atoms with Gasteiger partial charge in [0.2, 0.25) is 5.91 Å². The van der Waals surface area contributed by atoms with Gasteiger partial charge < -0.3 is 10.6 Å². The highest BCUT2D eigenvalue weighted by molar-refractivity contribution is 6.04. The zero-order valence-corrected chi connectivity index (χ0v) is 18.3. The largest absolute Gasteiger partial charge is 0.323 e. The number of aromatic nitrogens is 2. The Bertz CT molecular complexity index is 1380. The van der Waals surface area contributed by atoms with E-state index in [4.69, 9.17) is 0 Å². The normalized spacial score (nSPS) is 10.5. The van der Waals surface area contributed by atoms with Crippen molar-refractivity contribution in [3.63, 3.8) is 0 Å². The van der Waals surface area contributed by atoms with Gasteiger partial charge >= 0.3 is 0 Å². The lowest BCUT2D eigenvalue weighted by Crippen LogP contribution is -2.14. The topological polar surface area (TPSA) is 119 Å². The molecule has 3 aromatic carbocycles. The van der Waals surface area contributed by atoms with Crippen molar-refractivity contribution in [2.45, 2.75) is 13.3 Å². The second kappa shape index (κ2) is 9.78. The maximum atomic E-state index is 12.7. The maximum Gasteiger partial charge on any atom is 0.271 e. The minimum absolute atomic E-state index is 0.111. The summed E-state index contributed by atoms with van der Waals surface area (Å²) in [4.78, 5) is 35.5. The van der Waals surface area contributed by atoms with E-state index in [0.717, 1.165) is 11.1 Å². The first kappa shape index (κ1) is 22.4. The van der Waals surface area contributed by atoms with Crippen LogP contribution in [0.2, 0.25) is 0 Å². The second-order valence-corrected chi connectivity index (χ2v) is 7.70. The van der Waals surface area contributed by atoms with Gasteiger partial charge in [-0.25, -0.2) is 4.68 Å². The summed E-state index contributed by atoms with van der Waals surface area (Å²) in [6, 6.07) is 20.2. The molecule has 0 spiro atoms. The van der Waals surface area contributed by atoms with Gasteiger partial charge in [0, 0.05) is 23.4 Å². The number of aryl methyl sites for hydroxylation is 1. The van der Waals surface area contributed by atoms with E-state index in [-0.39, 0.29) is 18.0 Å². The van der Waals surface area contributed by atoms with Gasteiger partial charge in [0.1, 0.15) is 0 Å². The summed E-state index contributed by atoms with van der Waals surface area (Å²) in [5, 5.41) is 20.7. The SMILES string of the molecule is Cc1cccc(CC(=O)Nc2cnn(-c3cccc(C(=O)Nc4cccc([N+](=O)[O-])c4)c3)c2)c1. The van der Waals surface area contributed by atoms with Gasteiger partial charge in [-0.3, -0.25) is 19.7 Å². The molecule has 0 saturated carbocycles. The fourth-order valence-corrected chi connectivity index (χ4v) is 3.43. The molecule has 2 amide bonds. The van der Waals surface area contributed by atoms with E-state index in [1.807, 2.05) is 31.2 Å². The Kier molecular flexibility index (Phi) is 6.45. The van der Waals surface area contributed by atoms with Crippen molar-refractivity contribution in [1.29, 1.82) is 0 Å². The van der Waals surface area contributed by atoms with E-state index >= 15 is 0 Å². The van der Waals surface area contributed by atoms with Crippen molar-refractivity contribution < 1.29 is 14.5 Å². The van der Waals surface area contributed by atoms with Gasteiger partial charge in [-0.1, -0.05) is 42.0 Å². The minimum Gasteiger partial charge on any atom is -0.323 e. The van der Waals surface area contributed by atoms with Crippen LogP contribution in [-0.2, 0) is 11.2 Å². The number of anilines is 2. The number of nitro benzene ring substituents is 1. The van der Waals surface area contributed by atoms with Crippen LogP contribution in [0, 0.1) is 17.0 Å². The smallest absolute Gasteiger partial charge is 0.271 e. The van der Waals surface area contributed by atoms with E-state index in [2.05, 4.69) is 15.7 Å². The number of rotatable bonds is 7. The third kappa shape index (κ3) is 5.52. The Morgan fingerprint density at radius 1 is 0.971 bits per heavy atom. The van der Waals surface area contributed by atoms with Gasteiger partial charge in [0.05, 0.1) is 35.1 Å². The molecule has 2 N–H and O–H groups in total. The molecule has 0 unspecified atom stereocenters. The zero-order valence-electron chi connectivity index (χ0n) is 18.3. The number of non-ortho nitro benzene ring substituents is 1. The summed E-state index contributed by atoms with van der Waals surface area (Å²) < 4.78 is 1.55. The number of carbonyl (C=O) groups is 2. The quantitative estimate of drug-likeness (QED) is 0.314. The lowest BCUT2D eigenvalue weighted by molar-refractivity contribution is -0.384. The zero-order chi connectivity index (χ0) is 24.1. The Balaban J connectivity index is 1.43. The summed E-state index contributed by atoms with van der Waals surface area (Å²) in [5.41, 5.74) is 3.72. The molecule has 0 aliphatic heterocycles. The van der Waals surface area contributed by atoms with Crippen molar-refractivity contribution in [3.8, 4) is 5.69 Å². The first-order chi connectivity index (χ1) is 16.4. The second-order valence-electron chi connectivity index (χ2n) is 7.70. The van der Waals surface area contributed by atoms with Crippen LogP contribution in [0.15, 0.2) is 85.2 Å². The lowest BCUT2D eigenvalue weighted by atomic mass is 10.1. The fraction of sp³-hybridized carbons (Fsp3) is 0.0800. The van der Waals surface area contributed by atoms with Crippen LogP contribution in [0.4, 0.5) is 17.1 Å². The molecule has 9 nitrogen and oxygen atoms in total. The molecule has 0 saturated heterocycles.